The van der Waals surface area contributed by atoms with Crippen LogP contribution in [-0.2, 0) is 11.0 Å². The summed E-state index contributed by atoms with van der Waals surface area (Å²) >= 11 is 0. The molecule has 1 aromatic rings. The molecule has 3 nitrogen and oxygen atoms in total. The Morgan fingerprint density at radius 1 is 1.44 bits per heavy atom. The predicted molar refractivity (Wildman–Crippen MR) is 60.5 cm³/mol. The van der Waals surface area contributed by atoms with Gasteiger partial charge in [-0.05, 0) is 18.1 Å². The highest BCUT2D eigenvalue weighted by molar-refractivity contribution is 7.56. The summed E-state index contributed by atoms with van der Waals surface area (Å²) in [6.45, 7) is 1.77. The molecular weight excluding hydrogens is 230 g/mol. The highest BCUT2D eigenvalue weighted by atomic mass is 31.2. The van der Waals surface area contributed by atoms with E-state index in [0.29, 0.717) is 12.0 Å². The predicted octanol–water partition coefficient (Wildman–Crippen LogP) is 2.84. The smallest absolute Gasteiger partial charge is 0.321 e. The second-order valence-corrected chi connectivity index (χ2v) is 5.08. The molecule has 0 unspecified atom stereocenters. The zero-order valence-corrected chi connectivity index (χ0v) is 9.82. The summed E-state index contributed by atoms with van der Waals surface area (Å²) in [6.07, 6.45) is 1.91. The topological polar surface area (TPSA) is 57.5 Å². The molecule has 0 heterocycles. The van der Waals surface area contributed by atoms with E-state index in [2.05, 4.69) is 0 Å². The molecule has 0 atom stereocenters. The highest BCUT2D eigenvalue weighted by Gasteiger charge is 2.21. The van der Waals surface area contributed by atoms with Crippen LogP contribution in [0.4, 0.5) is 4.39 Å². The second kappa shape index (κ2) is 5.39. The van der Waals surface area contributed by atoms with Gasteiger partial charge >= 0.3 is 7.60 Å². The number of halogens is 1. The van der Waals surface area contributed by atoms with Gasteiger partial charge in [-0.3, -0.25) is 4.57 Å². The Kier molecular flexibility index (Phi) is 4.42. The molecular formula is C11H14FO3P. The lowest BCUT2D eigenvalue weighted by atomic mass is 10.1. The van der Waals surface area contributed by atoms with Gasteiger partial charge in [0.25, 0.3) is 0 Å². The zero-order valence-electron chi connectivity index (χ0n) is 8.93. The monoisotopic (exact) mass is 244 g/mol. The molecule has 0 saturated carbocycles. The van der Waals surface area contributed by atoms with Crippen LogP contribution in [0.25, 0.3) is 0 Å². The molecule has 0 spiro atoms. The lowest BCUT2D eigenvalue weighted by Gasteiger charge is -2.10. The Labute approximate surface area is 93.8 Å². The van der Waals surface area contributed by atoms with E-state index in [1.165, 1.54) is 18.2 Å². The Morgan fingerprint density at radius 3 is 2.56 bits per heavy atom. The summed E-state index contributed by atoms with van der Waals surface area (Å²) in [5, 5.41) is -0.0277. The van der Waals surface area contributed by atoms with Crippen LogP contribution in [0.15, 0.2) is 35.7 Å². The van der Waals surface area contributed by atoms with Gasteiger partial charge in [-0.25, -0.2) is 4.39 Å². The van der Waals surface area contributed by atoms with Gasteiger partial charge < -0.3 is 9.79 Å². The highest BCUT2D eigenvalue weighted by Crippen LogP contribution is 2.46. The van der Waals surface area contributed by atoms with E-state index in [1.54, 1.807) is 19.1 Å². The third-order valence-corrected chi connectivity index (χ3v) is 3.23. The van der Waals surface area contributed by atoms with Crippen LogP contribution < -0.4 is 0 Å². The standard InChI is InChI=1S/C11H14FO3P/c1-2-5-10(16(13,14)15)8-9-6-3-4-7-11(9)12/h3-7H,2,8H2,1H3,(H2,13,14,15). The minimum absolute atomic E-state index is 0.0277. The Bertz CT molecular complexity index is 437. The van der Waals surface area contributed by atoms with Crippen molar-refractivity contribution in [1.82, 2.24) is 0 Å². The molecule has 0 saturated heterocycles. The van der Waals surface area contributed by atoms with E-state index in [0.717, 1.165) is 0 Å². The molecule has 88 valence electrons. The fourth-order valence-electron chi connectivity index (χ4n) is 1.37. The van der Waals surface area contributed by atoms with Crippen molar-refractivity contribution >= 4 is 7.60 Å². The summed E-state index contributed by atoms with van der Waals surface area (Å²) in [4.78, 5) is 18.2. The number of allylic oxidation sites excluding steroid dienone is 2. The Balaban J connectivity index is 2.99. The molecule has 0 aliphatic heterocycles. The van der Waals surface area contributed by atoms with Crippen molar-refractivity contribution < 1.29 is 18.7 Å². The first-order chi connectivity index (χ1) is 7.45. The van der Waals surface area contributed by atoms with Crippen LogP contribution in [0.5, 0.6) is 0 Å². The largest absolute Gasteiger partial charge is 0.352 e. The number of hydrogen-bond acceptors (Lipinski definition) is 1. The van der Waals surface area contributed by atoms with E-state index in [-0.39, 0.29) is 11.7 Å². The summed E-state index contributed by atoms with van der Waals surface area (Å²) in [5.74, 6) is -0.446. The van der Waals surface area contributed by atoms with Crippen LogP contribution in [0.3, 0.4) is 0 Å². The SMILES string of the molecule is CCC=C(Cc1ccccc1F)P(=O)(O)O. The lowest BCUT2D eigenvalue weighted by Crippen LogP contribution is -1.95. The zero-order chi connectivity index (χ0) is 12.2. The van der Waals surface area contributed by atoms with Crippen molar-refractivity contribution in [3.63, 3.8) is 0 Å². The number of hydrogen-bond donors (Lipinski definition) is 2. The molecule has 16 heavy (non-hydrogen) atoms. The van der Waals surface area contributed by atoms with Crippen LogP contribution in [0.2, 0.25) is 0 Å². The Hall–Kier alpha value is -0.960. The quantitative estimate of drug-likeness (QED) is 0.800. The third-order valence-electron chi connectivity index (χ3n) is 2.14. The normalized spacial score (nSPS) is 12.9. The van der Waals surface area contributed by atoms with Crippen molar-refractivity contribution in [3.05, 3.63) is 47.0 Å². The average molecular weight is 244 g/mol. The maximum Gasteiger partial charge on any atom is 0.352 e. The molecule has 0 fully saturated rings. The molecule has 0 aliphatic carbocycles. The van der Waals surface area contributed by atoms with E-state index >= 15 is 0 Å². The van der Waals surface area contributed by atoms with Gasteiger partial charge in [0.05, 0.1) is 0 Å². The van der Waals surface area contributed by atoms with Crippen molar-refractivity contribution in [3.8, 4) is 0 Å². The molecule has 0 bridgehead atoms. The molecule has 1 aromatic carbocycles. The van der Waals surface area contributed by atoms with Gasteiger partial charge in [-0.2, -0.15) is 0 Å². The number of rotatable bonds is 4. The van der Waals surface area contributed by atoms with Crippen LogP contribution >= 0.6 is 7.60 Å². The van der Waals surface area contributed by atoms with E-state index in [4.69, 9.17) is 9.79 Å². The number of benzene rings is 1. The molecule has 5 heteroatoms. The Morgan fingerprint density at radius 2 is 2.06 bits per heavy atom. The maximum absolute atomic E-state index is 13.3. The molecule has 1 rings (SSSR count). The van der Waals surface area contributed by atoms with Crippen LogP contribution in [0.1, 0.15) is 18.9 Å². The average Bonchev–Trinajstić information content (AvgIpc) is 2.19. The van der Waals surface area contributed by atoms with Crippen molar-refractivity contribution in [2.45, 2.75) is 19.8 Å². The fourth-order valence-corrected chi connectivity index (χ4v) is 2.16. The van der Waals surface area contributed by atoms with Crippen molar-refractivity contribution in [1.29, 1.82) is 0 Å². The van der Waals surface area contributed by atoms with E-state index < -0.39 is 13.4 Å². The summed E-state index contributed by atoms with van der Waals surface area (Å²) in [6, 6.07) is 5.98. The van der Waals surface area contributed by atoms with Gasteiger partial charge in [0.1, 0.15) is 5.82 Å². The minimum atomic E-state index is -4.28. The van der Waals surface area contributed by atoms with Crippen LogP contribution in [-0.4, -0.2) is 9.79 Å². The van der Waals surface area contributed by atoms with Crippen LogP contribution in [0, 0.1) is 5.82 Å². The van der Waals surface area contributed by atoms with Gasteiger partial charge in [0, 0.05) is 11.7 Å². The molecule has 0 aromatic heterocycles. The summed E-state index contributed by atoms with van der Waals surface area (Å²) in [5.41, 5.74) is 0.297. The third kappa shape index (κ3) is 3.56. The molecule has 0 amide bonds. The first-order valence-corrected chi connectivity index (χ1v) is 6.55. The second-order valence-electron chi connectivity index (χ2n) is 3.42. The maximum atomic E-state index is 13.3. The fraction of sp³-hybridized carbons (Fsp3) is 0.273. The summed E-state index contributed by atoms with van der Waals surface area (Å²) in [7, 11) is -4.28. The molecule has 0 aliphatic rings. The van der Waals surface area contributed by atoms with Gasteiger partial charge in [0.15, 0.2) is 0 Å². The van der Waals surface area contributed by atoms with E-state index in [1.807, 2.05) is 0 Å². The molecule has 0 radical (unpaired) electrons. The minimum Gasteiger partial charge on any atom is -0.321 e. The molecule has 2 N–H and O–H groups in total. The summed E-state index contributed by atoms with van der Waals surface area (Å²) < 4.78 is 24.4. The first kappa shape index (κ1) is 13.1. The van der Waals surface area contributed by atoms with Crippen molar-refractivity contribution in [2.75, 3.05) is 0 Å². The first-order valence-electron chi connectivity index (χ1n) is 4.93. The lowest BCUT2D eigenvalue weighted by molar-refractivity contribution is 0.381. The van der Waals surface area contributed by atoms with E-state index in [9.17, 15) is 8.96 Å². The van der Waals surface area contributed by atoms with Crippen molar-refractivity contribution in [2.24, 2.45) is 0 Å². The van der Waals surface area contributed by atoms with Gasteiger partial charge in [-0.15, -0.1) is 0 Å². The van der Waals surface area contributed by atoms with Gasteiger partial charge in [0.2, 0.25) is 0 Å². The van der Waals surface area contributed by atoms with Gasteiger partial charge in [-0.1, -0.05) is 31.2 Å².